The average Bonchev–Trinajstić information content (AvgIpc) is 0.950. The molecule has 0 rings (SSSR count). The van der Waals surface area contributed by atoms with Gasteiger partial charge in [0.15, 0.2) is 12.2 Å². The van der Waals surface area contributed by atoms with Crippen LogP contribution in [0.2, 0.25) is 0 Å². The molecule has 0 aliphatic heterocycles. The fraction of sp³-hybridized carbons (Fsp3) is 0.950. The lowest BCUT2D eigenvalue weighted by Crippen LogP contribution is -2.30. The zero-order valence-electron chi connectivity index (χ0n) is 64.6. The minimum atomic E-state index is -4.96. The predicted octanol–water partition coefficient (Wildman–Crippen LogP) is 24.0. The fourth-order valence-electron chi connectivity index (χ4n) is 12.4. The normalized spacial score (nSPS) is 14.1. The first-order valence-corrected chi connectivity index (χ1v) is 44.7. The Morgan fingerprint density at radius 3 is 0.717 bits per heavy atom. The molecule has 0 aliphatic rings. The third-order valence-electron chi connectivity index (χ3n) is 19.1. The molecule has 0 spiro atoms. The van der Waals surface area contributed by atoms with E-state index in [1.807, 2.05) is 0 Å². The van der Waals surface area contributed by atoms with Crippen LogP contribution in [0.15, 0.2) is 0 Å². The number of hydrogen-bond acceptors (Lipinski definition) is 15. The lowest BCUT2D eigenvalue weighted by molar-refractivity contribution is -0.161. The van der Waals surface area contributed by atoms with Crippen LogP contribution in [-0.2, 0) is 65.4 Å². The molecule has 99 heavy (non-hydrogen) atoms. The quantitative estimate of drug-likeness (QED) is 0.0222. The van der Waals surface area contributed by atoms with Crippen LogP contribution in [0.4, 0.5) is 0 Å². The number of carbonyl (C=O) groups is 4. The maximum Gasteiger partial charge on any atom is 0.472 e. The Morgan fingerprint density at radius 1 is 0.283 bits per heavy atom. The lowest BCUT2D eigenvalue weighted by Gasteiger charge is -2.21. The van der Waals surface area contributed by atoms with Gasteiger partial charge in [-0.2, -0.15) is 0 Å². The van der Waals surface area contributed by atoms with Crippen molar-refractivity contribution in [1.82, 2.24) is 0 Å². The highest BCUT2D eigenvalue weighted by Gasteiger charge is 2.30. The number of carbonyl (C=O) groups excluding carboxylic acids is 4. The molecule has 0 saturated heterocycles. The molecule has 0 radical (unpaired) electrons. The van der Waals surface area contributed by atoms with E-state index in [9.17, 15) is 43.2 Å². The van der Waals surface area contributed by atoms with Crippen molar-refractivity contribution in [3.05, 3.63) is 0 Å². The summed E-state index contributed by atoms with van der Waals surface area (Å²) in [5.41, 5.74) is 0. The zero-order valence-corrected chi connectivity index (χ0v) is 66.4. The Hall–Kier alpha value is -1.94. The number of esters is 4. The zero-order chi connectivity index (χ0) is 72.7. The third kappa shape index (κ3) is 72.8. The van der Waals surface area contributed by atoms with Gasteiger partial charge in [-0.25, -0.2) is 9.13 Å². The van der Waals surface area contributed by atoms with Crippen LogP contribution in [0.5, 0.6) is 0 Å². The first-order valence-electron chi connectivity index (χ1n) is 41.7. The standard InChI is InChI=1S/C80H156O17P2/c1-6-10-13-16-19-21-23-25-27-29-31-32-33-34-36-38-40-42-44-50-55-60-65-79(84)96-76(70-91-78(83)64-59-54-49-43-41-39-37-35-30-28-26-24-22-20-17-14-11-7-2)72-95-99(88,89)93-68-74(81)67-92-98(86,87)94-71-75(69-90-77(82)63-58-53-47-18-15-12-8-3)97-80(85)66-61-56-51-46-45-48-52-57-62-73(5)9-4/h73-76,81H,6-72H2,1-5H3,(H,86,87)(H,88,89)/t73?,74-,75+,76+/m0/s1. The lowest BCUT2D eigenvalue weighted by atomic mass is 9.99. The molecule has 3 N–H and O–H groups in total. The Morgan fingerprint density at radius 2 is 0.485 bits per heavy atom. The molecule has 0 bridgehead atoms. The number of aliphatic hydroxyl groups excluding tert-OH is 1. The van der Waals surface area contributed by atoms with Crippen molar-refractivity contribution in [2.75, 3.05) is 39.6 Å². The second-order valence-electron chi connectivity index (χ2n) is 29.1. The van der Waals surface area contributed by atoms with Crippen molar-refractivity contribution in [1.29, 1.82) is 0 Å². The number of phosphoric ester groups is 2. The van der Waals surface area contributed by atoms with Crippen molar-refractivity contribution in [2.45, 2.75) is 445 Å². The molecular weight excluding hydrogens is 1290 g/mol. The first kappa shape index (κ1) is 97.1. The van der Waals surface area contributed by atoms with E-state index in [4.69, 9.17) is 37.0 Å². The molecule has 6 atom stereocenters. The van der Waals surface area contributed by atoms with Gasteiger partial charge in [-0.1, -0.05) is 375 Å². The van der Waals surface area contributed by atoms with Crippen molar-refractivity contribution in [2.24, 2.45) is 5.92 Å². The van der Waals surface area contributed by atoms with Gasteiger partial charge in [0.25, 0.3) is 0 Å². The van der Waals surface area contributed by atoms with Gasteiger partial charge in [0, 0.05) is 25.7 Å². The minimum Gasteiger partial charge on any atom is -0.462 e. The molecule has 0 amide bonds. The molecule has 0 aliphatic carbocycles. The highest BCUT2D eigenvalue weighted by atomic mass is 31.2. The van der Waals surface area contributed by atoms with Crippen LogP contribution in [-0.4, -0.2) is 96.7 Å². The van der Waals surface area contributed by atoms with Crippen LogP contribution < -0.4 is 0 Å². The van der Waals surface area contributed by atoms with Gasteiger partial charge in [-0.05, 0) is 31.6 Å². The number of phosphoric acid groups is 2. The van der Waals surface area contributed by atoms with E-state index in [0.717, 1.165) is 109 Å². The van der Waals surface area contributed by atoms with E-state index in [0.29, 0.717) is 25.7 Å². The fourth-order valence-corrected chi connectivity index (χ4v) is 14.0. The van der Waals surface area contributed by atoms with E-state index in [1.165, 1.54) is 238 Å². The molecule has 0 heterocycles. The van der Waals surface area contributed by atoms with Crippen molar-refractivity contribution in [3.63, 3.8) is 0 Å². The van der Waals surface area contributed by atoms with Gasteiger partial charge < -0.3 is 33.8 Å². The number of unbranched alkanes of at least 4 members (excludes halogenated alkanes) is 51. The van der Waals surface area contributed by atoms with Gasteiger partial charge in [-0.15, -0.1) is 0 Å². The minimum absolute atomic E-state index is 0.105. The van der Waals surface area contributed by atoms with Gasteiger partial charge in [0.2, 0.25) is 0 Å². The van der Waals surface area contributed by atoms with Crippen molar-refractivity contribution >= 4 is 39.5 Å². The molecule has 588 valence electrons. The molecule has 0 fully saturated rings. The Kier molecular flexibility index (Phi) is 71.6. The van der Waals surface area contributed by atoms with Crippen molar-refractivity contribution < 1.29 is 80.2 Å². The molecule has 0 aromatic rings. The first-order chi connectivity index (χ1) is 48.1. The topological polar surface area (TPSA) is 237 Å². The summed E-state index contributed by atoms with van der Waals surface area (Å²) >= 11 is 0. The van der Waals surface area contributed by atoms with E-state index < -0.39 is 97.5 Å². The van der Waals surface area contributed by atoms with Crippen LogP contribution in [0.1, 0.15) is 426 Å². The highest BCUT2D eigenvalue weighted by Crippen LogP contribution is 2.45. The number of rotatable bonds is 80. The SMILES string of the molecule is CCCCCCCCCCCCCCCCCCCCCCCCC(=O)O[C@H](COC(=O)CCCCCCCCCCCCCCCCCCCC)COP(=O)(O)OC[C@@H](O)COP(=O)(O)OC[C@@H](COC(=O)CCCCCCCCC)OC(=O)CCCCCCCCCCC(C)CC. The largest absolute Gasteiger partial charge is 0.472 e. The smallest absolute Gasteiger partial charge is 0.462 e. The number of ether oxygens (including phenoxy) is 4. The Labute approximate surface area is 607 Å². The van der Waals surface area contributed by atoms with Gasteiger partial charge in [0.1, 0.15) is 19.3 Å². The third-order valence-corrected chi connectivity index (χ3v) is 21.0. The summed E-state index contributed by atoms with van der Waals surface area (Å²) in [6.45, 7) is 7.27. The molecule has 19 heteroatoms. The second kappa shape index (κ2) is 73.0. The molecule has 3 unspecified atom stereocenters. The monoisotopic (exact) mass is 1450 g/mol. The summed E-state index contributed by atoms with van der Waals surface area (Å²) in [5, 5.41) is 10.6. The van der Waals surface area contributed by atoms with Crippen LogP contribution >= 0.6 is 15.6 Å². The average molecular weight is 1450 g/mol. The Bertz CT molecular complexity index is 1890. The van der Waals surface area contributed by atoms with Gasteiger partial charge in [-0.3, -0.25) is 37.3 Å². The predicted molar refractivity (Wildman–Crippen MR) is 405 cm³/mol. The van der Waals surface area contributed by atoms with Crippen LogP contribution in [0.25, 0.3) is 0 Å². The van der Waals surface area contributed by atoms with Gasteiger partial charge >= 0.3 is 39.5 Å². The summed E-state index contributed by atoms with van der Waals surface area (Å²) < 4.78 is 68.5. The van der Waals surface area contributed by atoms with Crippen molar-refractivity contribution in [3.8, 4) is 0 Å². The summed E-state index contributed by atoms with van der Waals surface area (Å²) in [6, 6.07) is 0. The number of hydrogen-bond donors (Lipinski definition) is 3. The Balaban J connectivity index is 5.15. The molecule has 0 saturated carbocycles. The maximum absolute atomic E-state index is 13.1. The van der Waals surface area contributed by atoms with E-state index in [1.54, 1.807) is 0 Å². The van der Waals surface area contributed by atoms with Crippen LogP contribution in [0.3, 0.4) is 0 Å². The van der Waals surface area contributed by atoms with E-state index in [2.05, 4.69) is 34.6 Å². The summed E-state index contributed by atoms with van der Waals surface area (Å²) in [6.07, 6.45) is 64.2. The summed E-state index contributed by atoms with van der Waals surface area (Å²) in [5.74, 6) is -1.35. The highest BCUT2D eigenvalue weighted by molar-refractivity contribution is 7.47. The molecule has 0 aromatic heterocycles. The van der Waals surface area contributed by atoms with Gasteiger partial charge in [0.05, 0.1) is 26.4 Å². The van der Waals surface area contributed by atoms with Crippen LogP contribution in [0, 0.1) is 5.92 Å². The molecular formula is C80H156O17P2. The summed E-state index contributed by atoms with van der Waals surface area (Å²) in [7, 11) is -9.91. The molecule has 17 nitrogen and oxygen atoms in total. The number of aliphatic hydroxyl groups is 1. The molecule has 0 aromatic carbocycles. The van der Waals surface area contributed by atoms with E-state index >= 15 is 0 Å². The maximum atomic E-state index is 13.1. The van der Waals surface area contributed by atoms with E-state index in [-0.39, 0.29) is 25.7 Å². The second-order valence-corrected chi connectivity index (χ2v) is 32.0. The summed E-state index contributed by atoms with van der Waals surface area (Å²) in [4.78, 5) is 72.8.